The molecule has 1 amide bonds. The Kier molecular flexibility index (Phi) is 5.11. The maximum absolute atomic E-state index is 13.8. The van der Waals surface area contributed by atoms with Crippen molar-refractivity contribution in [1.82, 2.24) is 4.90 Å². The van der Waals surface area contributed by atoms with Gasteiger partial charge in [-0.15, -0.1) is 0 Å². The maximum Gasteiger partial charge on any atom is 0.303 e. The molecule has 1 atom stereocenters. The SMILES string of the molecule is CC(C(=O)N1CCC(CC(=O)O)CC1)c1c(F)cccc1F. The summed E-state index contributed by atoms with van der Waals surface area (Å²) in [7, 11) is 0. The van der Waals surface area contributed by atoms with Crippen molar-refractivity contribution in [2.24, 2.45) is 5.92 Å². The number of hydrogen-bond donors (Lipinski definition) is 1. The third-order valence-electron chi connectivity index (χ3n) is 4.19. The standard InChI is InChI=1S/C16H19F2NO3/c1-10(15-12(17)3-2-4-13(15)18)16(22)19-7-5-11(6-8-19)9-14(20)21/h2-4,10-11H,5-9H2,1H3,(H,20,21). The largest absolute Gasteiger partial charge is 0.481 e. The Bertz CT molecular complexity index is 548. The lowest BCUT2D eigenvalue weighted by Gasteiger charge is -2.33. The number of nitrogens with zero attached hydrogens (tertiary/aromatic N) is 1. The summed E-state index contributed by atoms with van der Waals surface area (Å²) in [6, 6.07) is 3.55. The Morgan fingerprint density at radius 1 is 1.27 bits per heavy atom. The number of piperidine rings is 1. The van der Waals surface area contributed by atoms with E-state index in [1.165, 1.54) is 13.0 Å². The van der Waals surface area contributed by atoms with Crippen molar-refractivity contribution < 1.29 is 23.5 Å². The topological polar surface area (TPSA) is 57.6 Å². The average Bonchev–Trinajstić information content (AvgIpc) is 2.46. The molecule has 0 aromatic heterocycles. The molecule has 120 valence electrons. The fourth-order valence-corrected chi connectivity index (χ4v) is 2.93. The Labute approximate surface area is 127 Å². The molecule has 1 fully saturated rings. The van der Waals surface area contributed by atoms with Crippen LogP contribution in [0.1, 0.15) is 37.7 Å². The van der Waals surface area contributed by atoms with Gasteiger partial charge in [-0.1, -0.05) is 6.07 Å². The summed E-state index contributed by atoms with van der Waals surface area (Å²) in [5.74, 6) is -3.44. The minimum Gasteiger partial charge on any atom is -0.481 e. The third kappa shape index (κ3) is 3.61. The lowest BCUT2D eigenvalue weighted by Crippen LogP contribution is -2.41. The van der Waals surface area contributed by atoms with Crippen molar-refractivity contribution in [2.75, 3.05) is 13.1 Å². The Hall–Kier alpha value is -1.98. The van der Waals surface area contributed by atoms with E-state index in [2.05, 4.69) is 0 Å². The van der Waals surface area contributed by atoms with Gasteiger partial charge in [-0.05, 0) is 37.8 Å². The molecule has 1 aromatic rings. The quantitative estimate of drug-likeness (QED) is 0.930. The molecule has 0 bridgehead atoms. The molecule has 0 saturated carbocycles. The van der Waals surface area contributed by atoms with Gasteiger partial charge < -0.3 is 10.0 Å². The molecule has 6 heteroatoms. The van der Waals surface area contributed by atoms with Gasteiger partial charge in [-0.2, -0.15) is 0 Å². The number of benzene rings is 1. The van der Waals surface area contributed by atoms with Crippen LogP contribution in [0, 0.1) is 17.6 Å². The van der Waals surface area contributed by atoms with Crippen LogP contribution in [-0.2, 0) is 9.59 Å². The molecule has 4 nitrogen and oxygen atoms in total. The molecule has 2 rings (SSSR count). The van der Waals surface area contributed by atoms with Crippen LogP contribution in [-0.4, -0.2) is 35.0 Å². The molecular formula is C16H19F2NO3. The number of carboxylic acid groups (broad SMARTS) is 1. The summed E-state index contributed by atoms with van der Waals surface area (Å²) >= 11 is 0. The van der Waals surface area contributed by atoms with E-state index in [4.69, 9.17) is 5.11 Å². The van der Waals surface area contributed by atoms with E-state index in [1.54, 1.807) is 4.90 Å². The molecule has 1 saturated heterocycles. The highest BCUT2D eigenvalue weighted by atomic mass is 19.1. The first-order valence-electron chi connectivity index (χ1n) is 7.34. The number of rotatable bonds is 4. The van der Waals surface area contributed by atoms with Gasteiger partial charge >= 0.3 is 5.97 Å². The molecule has 1 N–H and O–H groups in total. The van der Waals surface area contributed by atoms with Crippen LogP contribution >= 0.6 is 0 Å². The van der Waals surface area contributed by atoms with Crippen LogP contribution in [0.15, 0.2) is 18.2 Å². The normalized spacial score (nSPS) is 17.3. The fourth-order valence-electron chi connectivity index (χ4n) is 2.93. The van der Waals surface area contributed by atoms with Crippen molar-refractivity contribution in [2.45, 2.75) is 32.1 Å². The van der Waals surface area contributed by atoms with E-state index >= 15 is 0 Å². The molecule has 0 aliphatic carbocycles. The number of hydrogen-bond acceptors (Lipinski definition) is 2. The Balaban J connectivity index is 2.02. The molecule has 1 heterocycles. The van der Waals surface area contributed by atoms with Gasteiger partial charge in [-0.25, -0.2) is 8.78 Å². The first-order chi connectivity index (χ1) is 10.4. The monoisotopic (exact) mass is 311 g/mol. The maximum atomic E-state index is 13.8. The summed E-state index contributed by atoms with van der Waals surface area (Å²) in [6.45, 7) is 2.35. The van der Waals surface area contributed by atoms with Crippen molar-refractivity contribution in [1.29, 1.82) is 0 Å². The van der Waals surface area contributed by atoms with Crippen LogP contribution in [0.25, 0.3) is 0 Å². The van der Waals surface area contributed by atoms with Gasteiger partial charge in [0, 0.05) is 25.1 Å². The number of aliphatic carboxylic acids is 1. The second-order valence-corrected chi connectivity index (χ2v) is 5.72. The lowest BCUT2D eigenvalue weighted by molar-refractivity contribution is -0.138. The fraction of sp³-hybridized carbons (Fsp3) is 0.500. The van der Waals surface area contributed by atoms with Gasteiger partial charge in [0.2, 0.25) is 5.91 Å². The molecule has 1 aromatic carbocycles. The number of carbonyl (C=O) groups is 2. The van der Waals surface area contributed by atoms with Crippen molar-refractivity contribution in [3.63, 3.8) is 0 Å². The zero-order valence-electron chi connectivity index (χ0n) is 12.4. The third-order valence-corrected chi connectivity index (χ3v) is 4.19. The summed E-state index contributed by atoms with van der Waals surface area (Å²) < 4.78 is 27.5. The molecule has 1 unspecified atom stereocenters. The Morgan fingerprint density at radius 3 is 2.32 bits per heavy atom. The summed E-state index contributed by atoms with van der Waals surface area (Å²) in [4.78, 5) is 24.7. The van der Waals surface area contributed by atoms with E-state index in [0.29, 0.717) is 25.9 Å². The van der Waals surface area contributed by atoms with E-state index < -0.39 is 23.5 Å². The molecule has 1 aliphatic heterocycles. The van der Waals surface area contributed by atoms with Gasteiger partial charge in [0.1, 0.15) is 11.6 Å². The zero-order chi connectivity index (χ0) is 16.3. The molecule has 22 heavy (non-hydrogen) atoms. The van der Waals surface area contributed by atoms with Crippen LogP contribution in [0.3, 0.4) is 0 Å². The van der Waals surface area contributed by atoms with Crippen LogP contribution in [0.4, 0.5) is 8.78 Å². The highest BCUT2D eigenvalue weighted by molar-refractivity contribution is 5.83. The van der Waals surface area contributed by atoms with E-state index in [1.807, 2.05) is 0 Å². The lowest BCUT2D eigenvalue weighted by atomic mass is 9.91. The van der Waals surface area contributed by atoms with Gasteiger partial charge in [0.05, 0.1) is 5.92 Å². The summed E-state index contributed by atoms with van der Waals surface area (Å²) in [5, 5.41) is 8.77. The summed E-state index contributed by atoms with van der Waals surface area (Å²) in [6.07, 6.45) is 1.30. The predicted octanol–water partition coefficient (Wildman–Crippen LogP) is 2.78. The molecule has 1 aliphatic rings. The van der Waals surface area contributed by atoms with Crippen LogP contribution in [0.5, 0.6) is 0 Å². The minimum absolute atomic E-state index is 0.0575. The second kappa shape index (κ2) is 6.85. The number of amides is 1. The summed E-state index contributed by atoms with van der Waals surface area (Å²) in [5.41, 5.74) is -0.208. The molecular weight excluding hydrogens is 292 g/mol. The predicted molar refractivity (Wildman–Crippen MR) is 76.3 cm³/mol. The van der Waals surface area contributed by atoms with Crippen molar-refractivity contribution in [3.05, 3.63) is 35.4 Å². The van der Waals surface area contributed by atoms with Crippen molar-refractivity contribution in [3.8, 4) is 0 Å². The number of carboxylic acids is 1. The van der Waals surface area contributed by atoms with Crippen LogP contribution in [0.2, 0.25) is 0 Å². The first-order valence-corrected chi connectivity index (χ1v) is 7.34. The van der Waals surface area contributed by atoms with E-state index in [0.717, 1.165) is 12.1 Å². The molecule has 0 spiro atoms. The highest BCUT2D eigenvalue weighted by Gasteiger charge is 2.30. The Morgan fingerprint density at radius 2 is 1.82 bits per heavy atom. The highest BCUT2D eigenvalue weighted by Crippen LogP contribution is 2.27. The number of halogens is 2. The second-order valence-electron chi connectivity index (χ2n) is 5.72. The molecule has 0 radical (unpaired) electrons. The van der Waals surface area contributed by atoms with Gasteiger partial charge in [0.15, 0.2) is 0 Å². The zero-order valence-corrected chi connectivity index (χ0v) is 12.4. The number of carbonyl (C=O) groups excluding carboxylic acids is 1. The van der Waals surface area contributed by atoms with Gasteiger partial charge in [0.25, 0.3) is 0 Å². The first kappa shape index (κ1) is 16.4. The minimum atomic E-state index is -0.891. The average molecular weight is 311 g/mol. The van der Waals surface area contributed by atoms with Crippen LogP contribution < -0.4 is 0 Å². The number of likely N-dealkylation sites (tertiary alicyclic amines) is 1. The van der Waals surface area contributed by atoms with E-state index in [9.17, 15) is 18.4 Å². The van der Waals surface area contributed by atoms with Crippen molar-refractivity contribution >= 4 is 11.9 Å². The smallest absolute Gasteiger partial charge is 0.303 e. The van der Waals surface area contributed by atoms with Gasteiger partial charge in [-0.3, -0.25) is 9.59 Å². The van der Waals surface area contributed by atoms with E-state index in [-0.39, 0.29) is 23.8 Å².